The fourth-order valence-electron chi connectivity index (χ4n) is 2.54. The number of phenolic OH excluding ortho intramolecular Hbond substituents is 1. The van der Waals surface area contributed by atoms with Gasteiger partial charge < -0.3 is 9.84 Å². The molecule has 0 unspecified atom stereocenters. The number of methoxy groups -OCH3 is 1. The second-order valence-electron chi connectivity index (χ2n) is 5.01. The van der Waals surface area contributed by atoms with Gasteiger partial charge in [-0.25, -0.2) is 0 Å². The van der Waals surface area contributed by atoms with Crippen LogP contribution in [0.1, 0.15) is 23.5 Å². The number of esters is 1. The van der Waals surface area contributed by atoms with Gasteiger partial charge in [0.15, 0.2) is 0 Å². The summed E-state index contributed by atoms with van der Waals surface area (Å²) in [5.74, 6) is -0.609. The van der Waals surface area contributed by atoms with Crippen molar-refractivity contribution in [1.29, 1.82) is 0 Å². The van der Waals surface area contributed by atoms with Gasteiger partial charge >= 0.3 is 5.97 Å². The number of aromatic hydroxyl groups is 1. The topological polar surface area (TPSA) is 72.3 Å². The van der Waals surface area contributed by atoms with Crippen molar-refractivity contribution in [2.24, 2.45) is 0 Å². The van der Waals surface area contributed by atoms with Crippen LogP contribution in [-0.4, -0.2) is 26.9 Å². The molecule has 0 fully saturated rings. The maximum atomic E-state index is 11.9. The van der Waals surface area contributed by atoms with E-state index in [0.29, 0.717) is 16.6 Å². The Bertz CT molecular complexity index is 848. The van der Waals surface area contributed by atoms with E-state index in [1.165, 1.54) is 7.11 Å². The minimum absolute atomic E-state index is 0.0991. The van der Waals surface area contributed by atoms with Gasteiger partial charge in [0.2, 0.25) is 0 Å². The van der Waals surface area contributed by atoms with Crippen LogP contribution in [0.2, 0.25) is 0 Å². The van der Waals surface area contributed by atoms with Crippen LogP contribution in [0, 0.1) is 0 Å². The molecule has 0 saturated heterocycles. The number of hydrogen-bond acceptors (Lipinski definition) is 6. The van der Waals surface area contributed by atoms with Gasteiger partial charge in [-0.15, -0.1) is 0 Å². The SMILES string of the molecule is COC(=O)C[C@H](c1ccc(Br)cc1)c1c(O)ccc2nsnc12. The summed E-state index contributed by atoms with van der Waals surface area (Å²) in [5, 5.41) is 10.4. The van der Waals surface area contributed by atoms with Crippen molar-refractivity contribution in [3.05, 3.63) is 52.0 Å². The summed E-state index contributed by atoms with van der Waals surface area (Å²) in [6, 6.07) is 10.9. The molecule has 7 heteroatoms. The third-order valence-corrected chi connectivity index (χ3v) is 4.73. The summed E-state index contributed by atoms with van der Waals surface area (Å²) in [4.78, 5) is 11.9. The zero-order valence-corrected chi connectivity index (χ0v) is 14.6. The molecule has 0 aliphatic carbocycles. The van der Waals surface area contributed by atoms with Gasteiger partial charge in [-0.1, -0.05) is 28.1 Å². The predicted octanol–water partition coefficient (Wildman–Crippen LogP) is 3.85. The van der Waals surface area contributed by atoms with Crippen molar-refractivity contribution in [2.75, 3.05) is 7.11 Å². The Morgan fingerprint density at radius 1 is 1.26 bits per heavy atom. The smallest absolute Gasteiger partial charge is 0.306 e. The standard InChI is InChI=1S/C16H13BrN2O3S/c1-22-14(21)8-11(9-2-4-10(17)5-3-9)15-13(20)7-6-12-16(15)19-23-18-12/h2-7,11,20H,8H2,1H3/t11-/m1/s1. The molecule has 1 aromatic heterocycles. The molecule has 0 saturated carbocycles. The van der Waals surface area contributed by atoms with Crippen LogP contribution in [0.5, 0.6) is 5.75 Å². The van der Waals surface area contributed by atoms with Crippen molar-refractivity contribution in [1.82, 2.24) is 8.75 Å². The summed E-state index contributed by atoms with van der Waals surface area (Å²) in [6.45, 7) is 0. The van der Waals surface area contributed by atoms with Crippen LogP contribution in [0.15, 0.2) is 40.9 Å². The molecule has 1 N–H and O–H groups in total. The van der Waals surface area contributed by atoms with Gasteiger partial charge in [0.25, 0.3) is 0 Å². The van der Waals surface area contributed by atoms with Crippen LogP contribution >= 0.6 is 27.7 Å². The summed E-state index contributed by atoms with van der Waals surface area (Å²) in [5.41, 5.74) is 2.82. The molecule has 5 nitrogen and oxygen atoms in total. The Hall–Kier alpha value is -1.99. The van der Waals surface area contributed by atoms with E-state index in [0.717, 1.165) is 21.8 Å². The summed E-state index contributed by atoms with van der Waals surface area (Å²) in [7, 11) is 1.35. The highest BCUT2D eigenvalue weighted by molar-refractivity contribution is 9.10. The first-order chi connectivity index (χ1) is 11.1. The molecule has 0 aliphatic rings. The van der Waals surface area contributed by atoms with E-state index in [9.17, 15) is 9.90 Å². The number of halogens is 1. The number of phenols is 1. The van der Waals surface area contributed by atoms with Gasteiger partial charge in [0, 0.05) is 16.0 Å². The molecule has 3 rings (SSSR count). The third-order valence-electron chi connectivity index (χ3n) is 3.66. The number of rotatable bonds is 4. The number of fused-ring (bicyclic) bond motifs is 1. The van der Waals surface area contributed by atoms with Crippen LogP contribution in [0.4, 0.5) is 0 Å². The molecule has 0 radical (unpaired) electrons. The molecular formula is C16H13BrN2O3S. The summed E-state index contributed by atoms with van der Waals surface area (Å²) >= 11 is 4.48. The van der Waals surface area contributed by atoms with Crippen LogP contribution in [0.3, 0.4) is 0 Å². The lowest BCUT2D eigenvalue weighted by atomic mass is 9.87. The van der Waals surface area contributed by atoms with Crippen molar-refractivity contribution < 1.29 is 14.6 Å². The minimum Gasteiger partial charge on any atom is -0.508 e. The normalized spacial score (nSPS) is 12.3. The molecule has 118 valence electrons. The summed E-state index contributed by atoms with van der Waals surface area (Å²) in [6.07, 6.45) is 0.113. The maximum Gasteiger partial charge on any atom is 0.306 e. The van der Waals surface area contributed by atoms with Crippen molar-refractivity contribution in [2.45, 2.75) is 12.3 Å². The number of carbonyl (C=O) groups is 1. The fourth-order valence-corrected chi connectivity index (χ4v) is 3.35. The summed E-state index contributed by atoms with van der Waals surface area (Å²) < 4.78 is 14.2. The Kier molecular flexibility index (Phi) is 4.58. The number of ether oxygens (including phenoxy) is 1. The molecule has 23 heavy (non-hydrogen) atoms. The average Bonchev–Trinajstić information content (AvgIpc) is 3.02. The van der Waals surface area contributed by atoms with Crippen molar-refractivity contribution >= 4 is 44.7 Å². The van der Waals surface area contributed by atoms with E-state index in [1.54, 1.807) is 12.1 Å². The zero-order chi connectivity index (χ0) is 16.4. The van der Waals surface area contributed by atoms with E-state index in [-0.39, 0.29) is 24.1 Å². The molecule has 0 bridgehead atoms. The Morgan fingerprint density at radius 2 is 2.00 bits per heavy atom. The van der Waals surface area contributed by atoms with Crippen LogP contribution in [0.25, 0.3) is 11.0 Å². The first-order valence-corrected chi connectivity index (χ1v) is 8.39. The first-order valence-electron chi connectivity index (χ1n) is 6.86. The van der Waals surface area contributed by atoms with Gasteiger partial charge in [-0.05, 0) is 29.8 Å². The highest BCUT2D eigenvalue weighted by Crippen LogP contribution is 2.38. The van der Waals surface area contributed by atoms with Gasteiger partial charge in [-0.3, -0.25) is 4.79 Å². The quantitative estimate of drug-likeness (QED) is 0.682. The van der Waals surface area contributed by atoms with Gasteiger partial charge in [0.1, 0.15) is 16.8 Å². The third kappa shape index (κ3) is 3.20. The van der Waals surface area contributed by atoms with E-state index < -0.39 is 0 Å². The highest BCUT2D eigenvalue weighted by Gasteiger charge is 2.25. The molecule has 1 heterocycles. The fraction of sp³-hybridized carbons (Fsp3) is 0.188. The van der Waals surface area contributed by atoms with Crippen molar-refractivity contribution in [3.8, 4) is 5.75 Å². The van der Waals surface area contributed by atoms with E-state index in [2.05, 4.69) is 24.7 Å². The molecule has 0 spiro atoms. The van der Waals surface area contributed by atoms with Crippen LogP contribution < -0.4 is 0 Å². The van der Waals surface area contributed by atoms with Crippen LogP contribution in [-0.2, 0) is 9.53 Å². The lowest BCUT2D eigenvalue weighted by Crippen LogP contribution is -2.11. The Labute approximate surface area is 145 Å². The van der Waals surface area contributed by atoms with Gasteiger partial charge in [-0.2, -0.15) is 8.75 Å². The molecular weight excluding hydrogens is 380 g/mol. The molecule has 2 aromatic carbocycles. The van der Waals surface area contributed by atoms with Crippen molar-refractivity contribution in [3.63, 3.8) is 0 Å². The lowest BCUT2D eigenvalue weighted by molar-refractivity contribution is -0.140. The second kappa shape index (κ2) is 6.64. The largest absolute Gasteiger partial charge is 0.508 e. The lowest BCUT2D eigenvalue weighted by Gasteiger charge is -2.18. The first kappa shape index (κ1) is 15.9. The maximum absolute atomic E-state index is 11.9. The Morgan fingerprint density at radius 3 is 2.70 bits per heavy atom. The average molecular weight is 393 g/mol. The second-order valence-corrected chi connectivity index (χ2v) is 6.46. The number of nitrogens with zero attached hydrogens (tertiary/aromatic N) is 2. The van der Waals surface area contributed by atoms with Gasteiger partial charge in [0.05, 0.1) is 25.3 Å². The van der Waals surface area contributed by atoms with E-state index in [1.807, 2.05) is 24.3 Å². The molecule has 3 aromatic rings. The minimum atomic E-state index is -0.358. The molecule has 0 amide bonds. The number of benzene rings is 2. The Balaban J connectivity index is 2.17. The monoisotopic (exact) mass is 392 g/mol. The van der Waals surface area contributed by atoms with E-state index in [4.69, 9.17) is 4.74 Å². The highest BCUT2D eigenvalue weighted by atomic mass is 79.9. The number of aromatic nitrogens is 2. The van der Waals surface area contributed by atoms with E-state index >= 15 is 0 Å². The molecule has 1 atom stereocenters. The zero-order valence-electron chi connectivity index (χ0n) is 12.2. The number of hydrogen-bond donors (Lipinski definition) is 1. The molecule has 0 aliphatic heterocycles. The number of carbonyl (C=O) groups excluding carboxylic acids is 1. The predicted molar refractivity (Wildman–Crippen MR) is 91.7 cm³/mol.